The first kappa shape index (κ1) is 11.2. The molecule has 1 nitrogen and oxygen atoms in total. The Balaban J connectivity index is 2.45. The fourth-order valence-corrected chi connectivity index (χ4v) is 3.32. The van der Waals surface area contributed by atoms with E-state index in [1.807, 2.05) is 0 Å². The van der Waals surface area contributed by atoms with E-state index in [9.17, 15) is 0 Å². The molecule has 1 aromatic rings. The van der Waals surface area contributed by atoms with Crippen molar-refractivity contribution in [2.75, 3.05) is 6.54 Å². The molecule has 2 N–H and O–H groups in total. The van der Waals surface area contributed by atoms with Crippen LogP contribution in [-0.4, -0.2) is 6.54 Å². The Morgan fingerprint density at radius 3 is 2.87 bits per heavy atom. The Kier molecular flexibility index (Phi) is 2.91. The predicted octanol–water partition coefficient (Wildman–Crippen LogP) is 3.46. The van der Waals surface area contributed by atoms with Gasteiger partial charge in [0.1, 0.15) is 0 Å². The summed E-state index contributed by atoms with van der Waals surface area (Å²) in [7, 11) is 0. The molecule has 0 saturated heterocycles. The second-order valence-corrected chi connectivity index (χ2v) is 5.96. The topological polar surface area (TPSA) is 26.0 Å². The largest absolute Gasteiger partial charge is 0.330 e. The molecule has 0 spiro atoms. The minimum absolute atomic E-state index is 0.353. The molecule has 1 aliphatic rings. The van der Waals surface area contributed by atoms with Gasteiger partial charge in [0.05, 0.1) is 0 Å². The highest BCUT2D eigenvalue weighted by molar-refractivity contribution is 9.10. The van der Waals surface area contributed by atoms with E-state index < -0.39 is 0 Å². The molecule has 2 rings (SSSR count). The van der Waals surface area contributed by atoms with Gasteiger partial charge in [-0.2, -0.15) is 0 Å². The maximum Gasteiger partial charge on any atom is 0.0210 e. The molecule has 1 aliphatic carbocycles. The molecule has 0 saturated carbocycles. The fourth-order valence-electron chi connectivity index (χ4n) is 2.80. The molecule has 0 amide bonds. The summed E-state index contributed by atoms with van der Waals surface area (Å²) in [5.74, 6) is 0.620. The number of hydrogen-bond acceptors (Lipinski definition) is 1. The lowest BCUT2D eigenvalue weighted by Gasteiger charge is -2.27. The first-order valence-corrected chi connectivity index (χ1v) is 6.33. The summed E-state index contributed by atoms with van der Waals surface area (Å²) in [6.07, 6.45) is 2.25. The van der Waals surface area contributed by atoms with Gasteiger partial charge in [-0.05, 0) is 47.9 Å². The van der Waals surface area contributed by atoms with Crippen molar-refractivity contribution < 1.29 is 0 Å². The van der Waals surface area contributed by atoms with E-state index in [4.69, 9.17) is 5.73 Å². The summed E-state index contributed by atoms with van der Waals surface area (Å²) in [6, 6.07) is 6.53. The molecule has 0 radical (unpaired) electrons. The van der Waals surface area contributed by atoms with Crippen LogP contribution in [0.3, 0.4) is 0 Å². The van der Waals surface area contributed by atoms with Crippen LogP contribution in [0.4, 0.5) is 0 Å². The van der Waals surface area contributed by atoms with E-state index >= 15 is 0 Å². The highest BCUT2D eigenvalue weighted by Gasteiger charge is 2.38. The second-order valence-electron chi connectivity index (χ2n) is 5.10. The molecule has 0 aromatic heterocycles. The van der Waals surface area contributed by atoms with Gasteiger partial charge in [-0.1, -0.05) is 41.9 Å². The summed E-state index contributed by atoms with van der Waals surface area (Å²) in [6.45, 7) is 5.47. The Bertz CT molecular complexity index is 371. The maximum atomic E-state index is 5.71. The van der Waals surface area contributed by atoms with Crippen LogP contribution >= 0.6 is 15.9 Å². The fraction of sp³-hybridized carbons (Fsp3) is 0.538. The monoisotopic (exact) mass is 267 g/mol. The molecule has 0 fully saturated rings. The molecule has 82 valence electrons. The highest BCUT2D eigenvalue weighted by atomic mass is 79.9. The molecule has 0 aliphatic heterocycles. The van der Waals surface area contributed by atoms with Crippen molar-refractivity contribution in [3.8, 4) is 0 Å². The number of rotatable bonds is 2. The zero-order valence-electron chi connectivity index (χ0n) is 9.39. The van der Waals surface area contributed by atoms with Crippen molar-refractivity contribution in [2.45, 2.75) is 32.6 Å². The van der Waals surface area contributed by atoms with Crippen molar-refractivity contribution in [3.63, 3.8) is 0 Å². The van der Waals surface area contributed by atoms with E-state index in [0.717, 1.165) is 19.4 Å². The summed E-state index contributed by atoms with van der Waals surface area (Å²) in [4.78, 5) is 0. The Hall–Kier alpha value is -0.340. The molecular weight excluding hydrogens is 250 g/mol. The summed E-state index contributed by atoms with van der Waals surface area (Å²) >= 11 is 3.65. The quantitative estimate of drug-likeness (QED) is 0.873. The van der Waals surface area contributed by atoms with E-state index in [-0.39, 0.29) is 0 Å². The molecule has 2 heteroatoms. The van der Waals surface area contributed by atoms with Crippen LogP contribution in [0.5, 0.6) is 0 Å². The third-order valence-corrected chi connectivity index (χ3v) is 4.30. The van der Waals surface area contributed by atoms with Crippen LogP contribution < -0.4 is 5.73 Å². The zero-order valence-corrected chi connectivity index (χ0v) is 11.0. The average Bonchev–Trinajstić information content (AvgIpc) is 2.42. The van der Waals surface area contributed by atoms with Gasteiger partial charge in [0.15, 0.2) is 0 Å². The lowest BCUT2D eigenvalue weighted by molar-refractivity contribution is 0.301. The standard InChI is InChI=1S/C13H18BrN/c1-13(2)8-10-9(11(13)6-7-15)4-3-5-12(10)14/h3-5,11H,6-8,15H2,1-2H3. The summed E-state index contributed by atoms with van der Waals surface area (Å²) < 4.78 is 1.26. The van der Waals surface area contributed by atoms with Crippen LogP contribution in [0.15, 0.2) is 22.7 Å². The lowest BCUT2D eigenvalue weighted by Crippen LogP contribution is -2.20. The van der Waals surface area contributed by atoms with E-state index in [1.165, 1.54) is 15.6 Å². The number of halogens is 1. The number of benzene rings is 1. The van der Waals surface area contributed by atoms with Crippen LogP contribution in [0.25, 0.3) is 0 Å². The minimum atomic E-state index is 0.353. The first-order chi connectivity index (χ1) is 7.06. The van der Waals surface area contributed by atoms with Crippen molar-refractivity contribution in [1.82, 2.24) is 0 Å². The van der Waals surface area contributed by atoms with Gasteiger partial charge in [0, 0.05) is 4.47 Å². The lowest BCUT2D eigenvalue weighted by atomic mass is 9.78. The van der Waals surface area contributed by atoms with Crippen LogP contribution in [0.2, 0.25) is 0 Å². The smallest absolute Gasteiger partial charge is 0.0210 e. The van der Waals surface area contributed by atoms with Gasteiger partial charge in [0.2, 0.25) is 0 Å². The molecular formula is C13H18BrN. The van der Waals surface area contributed by atoms with Crippen LogP contribution in [0, 0.1) is 5.41 Å². The van der Waals surface area contributed by atoms with E-state index in [0.29, 0.717) is 11.3 Å². The van der Waals surface area contributed by atoms with E-state index in [2.05, 4.69) is 48.0 Å². The van der Waals surface area contributed by atoms with Gasteiger partial charge in [0.25, 0.3) is 0 Å². The third-order valence-electron chi connectivity index (χ3n) is 3.56. The molecule has 0 heterocycles. The first-order valence-electron chi connectivity index (χ1n) is 5.53. The average molecular weight is 268 g/mol. The predicted molar refractivity (Wildman–Crippen MR) is 68.0 cm³/mol. The maximum absolute atomic E-state index is 5.71. The SMILES string of the molecule is CC1(C)Cc2c(Br)cccc2C1CCN. The van der Waals surface area contributed by atoms with Crippen LogP contribution in [0.1, 0.15) is 37.3 Å². The molecule has 1 aromatic carbocycles. The molecule has 15 heavy (non-hydrogen) atoms. The molecule has 0 bridgehead atoms. The zero-order chi connectivity index (χ0) is 11.1. The molecule has 1 unspecified atom stereocenters. The summed E-state index contributed by atoms with van der Waals surface area (Å²) in [5.41, 5.74) is 9.05. The number of hydrogen-bond donors (Lipinski definition) is 1. The van der Waals surface area contributed by atoms with Crippen molar-refractivity contribution >= 4 is 15.9 Å². The van der Waals surface area contributed by atoms with Crippen molar-refractivity contribution in [3.05, 3.63) is 33.8 Å². The van der Waals surface area contributed by atoms with E-state index in [1.54, 1.807) is 0 Å². The number of nitrogens with two attached hydrogens (primary N) is 1. The van der Waals surface area contributed by atoms with Gasteiger partial charge in [-0.3, -0.25) is 0 Å². The Labute approximate surface area is 100 Å². The summed E-state index contributed by atoms with van der Waals surface area (Å²) in [5, 5.41) is 0. The van der Waals surface area contributed by atoms with Crippen molar-refractivity contribution in [2.24, 2.45) is 11.1 Å². The van der Waals surface area contributed by atoms with Gasteiger partial charge < -0.3 is 5.73 Å². The third kappa shape index (κ3) is 1.85. The normalized spacial score (nSPS) is 22.8. The van der Waals surface area contributed by atoms with Crippen LogP contribution in [-0.2, 0) is 6.42 Å². The number of fused-ring (bicyclic) bond motifs is 1. The second kappa shape index (κ2) is 3.91. The minimum Gasteiger partial charge on any atom is -0.330 e. The van der Waals surface area contributed by atoms with Gasteiger partial charge in [-0.15, -0.1) is 0 Å². The van der Waals surface area contributed by atoms with Crippen molar-refractivity contribution in [1.29, 1.82) is 0 Å². The Morgan fingerprint density at radius 2 is 2.20 bits per heavy atom. The Morgan fingerprint density at radius 1 is 1.47 bits per heavy atom. The highest BCUT2D eigenvalue weighted by Crippen LogP contribution is 2.50. The van der Waals surface area contributed by atoms with Gasteiger partial charge in [-0.25, -0.2) is 0 Å². The van der Waals surface area contributed by atoms with Gasteiger partial charge >= 0.3 is 0 Å². The molecule has 1 atom stereocenters.